The zero-order valence-electron chi connectivity index (χ0n) is 9.76. The van der Waals surface area contributed by atoms with Gasteiger partial charge >= 0.3 is 6.18 Å². The average Bonchev–Trinajstić information content (AvgIpc) is 2.76. The van der Waals surface area contributed by atoms with Crippen molar-refractivity contribution >= 4 is 52.8 Å². The van der Waals surface area contributed by atoms with Gasteiger partial charge in [0.2, 0.25) is 0 Å². The van der Waals surface area contributed by atoms with Crippen LogP contribution >= 0.6 is 22.7 Å². The lowest BCUT2D eigenvalue weighted by molar-refractivity contribution is -0.135. The number of hydrogen-bond acceptors (Lipinski definition) is 4. The zero-order valence-corrected chi connectivity index (χ0v) is 11.4. The molecule has 1 aromatic carbocycles. The predicted molar refractivity (Wildman–Crippen MR) is 75.8 cm³/mol. The quantitative estimate of drug-likeness (QED) is 0.637. The van der Waals surface area contributed by atoms with Crippen LogP contribution in [-0.4, -0.2) is 0 Å². The molecule has 4 N–H and O–H groups in total. The van der Waals surface area contributed by atoms with Crippen LogP contribution in [0.3, 0.4) is 0 Å². The van der Waals surface area contributed by atoms with Gasteiger partial charge in [0.1, 0.15) is 0 Å². The van der Waals surface area contributed by atoms with Crippen molar-refractivity contribution in [3.05, 3.63) is 23.3 Å². The van der Waals surface area contributed by atoms with Gasteiger partial charge in [-0.05, 0) is 23.9 Å². The molecule has 2 nitrogen and oxygen atoms in total. The van der Waals surface area contributed by atoms with Crippen molar-refractivity contribution in [3.8, 4) is 0 Å². The molecule has 3 aromatic rings. The Labute approximate surface area is 114 Å². The topological polar surface area (TPSA) is 52.0 Å². The van der Waals surface area contributed by atoms with E-state index in [1.807, 2.05) is 6.92 Å². The Morgan fingerprint density at radius 3 is 2.37 bits per heavy atom. The van der Waals surface area contributed by atoms with Gasteiger partial charge in [0.15, 0.2) is 0 Å². The van der Waals surface area contributed by atoms with E-state index in [4.69, 9.17) is 11.5 Å². The molecule has 0 unspecified atom stereocenters. The number of nitrogen functional groups attached to an aromatic ring is 2. The lowest BCUT2D eigenvalue weighted by atomic mass is 10.1. The van der Waals surface area contributed by atoms with Gasteiger partial charge in [-0.2, -0.15) is 13.2 Å². The van der Waals surface area contributed by atoms with Crippen molar-refractivity contribution in [3.63, 3.8) is 0 Å². The van der Waals surface area contributed by atoms with Crippen LogP contribution < -0.4 is 11.5 Å². The van der Waals surface area contributed by atoms with Crippen molar-refractivity contribution < 1.29 is 13.2 Å². The van der Waals surface area contributed by atoms with Crippen molar-refractivity contribution in [1.82, 2.24) is 0 Å². The summed E-state index contributed by atoms with van der Waals surface area (Å²) in [4.78, 5) is 0. The summed E-state index contributed by atoms with van der Waals surface area (Å²) in [5, 5.41) is 1.29. The van der Waals surface area contributed by atoms with Crippen molar-refractivity contribution in [1.29, 1.82) is 0 Å². The monoisotopic (exact) mass is 302 g/mol. The maximum atomic E-state index is 13.1. The molecule has 0 aliphatic heterocycles. The molecule has 100 valence electrons. The van der Waals surface area contributed by atoms with Gasteiger partial charge in [0.05, 0.1) is 15.6 Å². The number of halogens is 3. The molecule has 0 amide bonds. The number of thiophene rings is 2. The van der Waals surface area contributed by atoms with E-state index in [1.54, 1.807) is 12.1 Å². The van der Waals surface area contributed by atoms with Crippen molar-refractivity contribution in [2.24, 2.45) is 0 Å². The lowest BCUT2D eigenvalue weighted by Crippen LogP contribution is -2.06. The van der Waals surface area contributed by atoms with E-state index in [0.29, 0.717) is 14.4 Å². The highest BCUT2D eigenvalue weighted by molar-refractivity contribution is 7.26. The molecule has 0 aliphatic rings. The van der Waals surface area contributed by atoms with Gasteiger partial charge in [-0.1, -0.05) is 6.07 Å². The summed E-state index contributed by atoms with van der Waals surface area (Å²) in [5.74, 6) is 0. The van der Waals surface area contributed by atoms with Gasteiger partial charge in [-0.25, -0.2) is 0 Å². The Kier molecular flexibility index (Phi) is 2.49. The minimum absolute atomic E-state index is 0.178. The minimum Gasteiger partial charge on any atom is -0.390 e. The fourth-order valence-corrected chi connectivity index (χ4v) is 4.37. The third-order valence-electron chi connectivity index (χ3n) is 3.10. The summed E-state index contributed by atoms with van der Waals surface area (Å²) in [6, 6.07) is 3.48. The number of anilines is 2. The maximum absolute atomic E-state index is 13.1. The summed E-state index contributed by atoms with van der Waals surface area (Å²) >= 11 is 2.14. The van der Waals surface area contributed by atoms with E-state index in [2.05, 4.69) is 0 Å². The fourth-order valence-electron chi connectivity index (χ4n) is 2.18. The minimum atomic E-state index is -4.46. The molecule has 0 fully saturated rings. The third-order valence-corrected chi connectivity index (χ3v) is 5.24. The second kappa shape index (κ2) is 3.77. The highest BCUT2D eigenvalue weighted by Crippen LogP contribution is 2.49. The smallest absolute Gasteiger partial charge is 0.390 e. The zero-order chi connectivity index (χ0) is 13.9. The molecule has 3 rings (SSSR count). The van der Waals surface area contributed by atoms with Gasteiger partial charge in [-0.15, -0.1) is 22.7 Å². The van der Waals surface area contributed by atoms with E-state index in [1.165, 1.54) is 11.3 Å². The number of hydrogen-bond donors (Lipinski definition) is 2. The first kappa shape index (κ1) is 12.6. The summed E-state index contributed by atoms with van der Waals surface area (Å²) in [6.07, 6.45) is -4.46. The number of aryl methyl sites for hydroxylation is 1. The summed E-state index contributed by atoms with van der Waals surface area (Å²) < 4.78 is 40.5. The van der Waals surface area contributed by atoms with E-state index in [9.17, 15) is 13.2 Å². The second-order valence-electron chi connectivity index (χ2n) is 4.25. The van der Waals surface area contributed by atoms with E-state index < -0.39 is 11.7 Å². The standard InChI is InChI=1S/C12H9F3N2S2/c1-4-5-2-3-6-7(9(5)19-10(4)16)8(11(17)18-6)12(13,14)15/h2-3H,16-17H2,1H3. The molecule has 0 spiro atoms. The van der Waals surface area contributed by atoms with Crippen molar-refractivity contribution in [2.45, 2.75) is 13.1 Å². The Balaban J connectivity index is 2.57. The first-order valence-electron chi connectivity index (χ1n) is 5.37. The molecule has 0 saturated heterocycles. The van der Waals surface area contributed by atoms with E-state index in [0.717, 1.165) is 22.3 Å². The fraction of sp³-hybridized carbons (Fsp3) is 0.167. The van der Waals surface area contributed by atoms with Crippen LogP contribution in [0.1, 0.15) is 11.1 Å². The molecule has 0 aliphatic carbocycles. The van der Waals surface area contributed by atoms with Crippen LogP contribution in [0, 0.1) is 6.92 Å². The van der Waals surface area contributed by atoms with Crippen LogP contribution in [0.5, 0.6) is 0 Å². The van der Waals surface area contributed by atoms with Crippen molar-refractivity contribution in [2.75, 3.05) is 11.5 Å². The molecule has 0 radical (unpaired) electrons. The van der Waals surface area contributed by atoms with Gasteiger partial charge in [0.25, 0.3) is 0 Å². The number of fused-ring (bicyclic) bond motifs is 3. The van der Waals surface area contributed by atoms with E-state index >= 15 is 0 Å². The molecule has 0 atom stereocenters. The molecule has 0 saturated carbocycles. The second-order valence-corrected chi connectivity index (χ2v) is 6.38. The summed E-state index contributed by atoms with van der Waals surface area (Å²) in [5.41, 5.74) is 11.4. The molecular formula is C12H9F3N2S2. The van der Waals surface area contributed by atoms with Crippen LogP contribution in [0.25, 0.3) is 20.2 Å². The van der Waals surface area contributed by atoms with Gasteiger partial charge in [0, 0.05) is 14.8 Å². The van der Waals surface area contributed by atoms with Crippen LogP contribution in [0.4, 0.5) is 23.2 Å². The molecule has 7 heteroatoms. The Morgan fingerprint density at radius 2 is 1.74 bits per heavy atom. The molecular weight excluding hydrogens is 293 g/mol. The average molecular weight is 302 g/mol. The number of rotatable bonds is 0. The van der Waals surface area contributed by atoms with E-state index in [-0.39, 0.29) is 10.4 Å². The molecule has 19 heavy (non-hydrogen) atoms. The maximum Gasteiger partial charge on any atom is 0.419 e. The number of alkyl halides is 3. The highest BCUT2D eigenvalue weighted by atomic mass is 32.1. The largest absolute Gasteiger partial charge is 0.419 e. The van der Waals surface area contributed by atoms with Crippen LogP contribution in [0.15, 0.2) is 12.1 Å². The molecule has 0 bridgehead atoms. The number of nitrogens with two attached hydrogens (primary N) is 2. The molecule has 2 heterocycles. The number of benzene rings is 1. The molecule has 2 aromatic heterocycles. The Bertz CT molecular complexity index is 799. The first-order chi connectivity index (χ1) is 8.80. The van der Waals surface area contributed by atoms with Crippen LogP contribution in [-0.2, 0) is 6.18 Å². The van der Waals surface area contributed by atoms with Gasteiger partial charge in [-0.3, -0.25) is 0 Å². The third kappa shape index (κ3) is 1.68. The van der Waals surface area contributed by atoms with Gasteiger partial charge < -0.3 is 11.5 Å². The SMILES string of the molecule is Cc1c(N)sc2c1ccc1sc(N)c(C(F)(F)F)c12. The lowest BCUT2D eigenvalue weighted by Gasteiger charge is -2.06. The highest BCUT2D eigenvalue weighted by Gasteiger charge is 2.37. The predicted octanol–water partition coefficient (Wildman–Crippen LogP) is 4.61. The summed E-state index contributed by atoms with van der Waals surface area (Å²) in [7, 11) is 0. The summed E-state index contributed by atoms with van der Waals surface area (Å²) in [6.45, 7) is 1.81. The Morgan fingerprint density at radius 1 is 1.05 bits per heavy atom. The first-order valence-corrected chi connectivity index (χ1v) is 7.00. The normalized spacial score (nSPS) is 12.6. The Hall–Kier alpha value is -1.47. The van der Waals surface area contributed by atoms with Crippen LogP contribution in [0.2, 0.25) is 0 Å².